The van der Waals surface area contributed by atoms with Crippen LogP contribution in [0.25, 0.3) is 0 Å². The third kappa shape index (κ3) is 2.28. The van der Waals surface area contributed by atoms with Gasteiger partial charge in [-0.05, 0) is 32.7 Å². The standard InChI is InChI=1S/C14H23N5O/c1-2-19-13(12(15)9-16-19)14(20)18-8-4-7-17-6-3-5-11(17)10-18/h9,11H,2-8,10,15H2,1H3. The van der Waals surface area contributed by atoms with E-state index < -0.39 is 0 Å². The molecule has 3 heterocycles. The highest BCUT2D eigenvalue weighted by Gasteiger charge is 2.32. The van der Waals surface area contributed by atoms with Crippen LogP contribution in [0.5, 0.6) is 0 Å². The van der Waals surface area contributed by atoms with Crippen molar-refractivity contribution in [2.45, 2.75) is 38.8 Å². The van der Waals surface area contributed by atoms with Gasteiger partial charge in [0.2, 0.25) is 0 Å². The summed E-state index contributed by atoms with van der Waals surface area (Å²) in [5, 5.41) is 4.17. The van der Waals surface area contributed by atoms with Gasteiger partial charge in [-0.2, -0.15) is 5.10 Å². The van der Waals surface area contributed by atoms with Crippen molar-refractivity contribution in [1.29, 1.82) is 0 Å². The van der Waals surface area contributed by atoms with Crippen molar-refractivity contribution in [2.75, 3.05) is 31.9 Å². The van der Waals surface area contributed by atoms with Gasteiger partial charge in [0.15, 0.2) is 0 Å². The van der Waals surface area contributed by atoms with Gasteiger partial charge < -0.3 is 10.6 Å². The van der Waals surface area contributed by atoms with E-state index in [1.807, 2.05) is 11.8 Å². The molecule has 1 aromatic heterocycles. The van der Waals surface area contributed by atoms with Crippen LogP contribution in [0.1, 0.15) is 36.7 Å². The lowest BCUT2D eigenvalue weighted by Gasteiger charge is -2.26. The number of hydrogen-bond donors (Lipinski definition) is 1. The molecule has 0 radical (unpaired) electrons. The molecule has 0 spiro atoms. The molecule has 110 valence electrons. The summed E-state index contributed by atoms with van der Waals surface area (Å²) < 4.78 is 1.70. The van der Waals surface area contributed by atoms with Crippen LogP contribution < -0.4 is 5.73 Å². The molecule has 1 unspecified atom stereocenters. The number of hydrogen-bond acceptors (Lipinski definition) is 4. The number of nitrogens with zero attached hydrogens (tertiary/aromatic N) is 4. The molecular weight excluding hydrogens is 254 g/mol. The predicted octanol–water partition coefficient (Wildman–Crippen LogP) is 0.795. The Balaban J connectivity index is 1.80. The first-order valence-electron chi connectivity index (χ1n) is 7.55. The van der Waals surface area contributed by atoms with Crippen LogP contribution in [0, 0.1) is 0 Å². The highest BCUT2D eigenvalue weighted by atomic mass is 16.2. The zero-order chi connectivity index (χ0) is 14.1. The zero-order valence-corrected chi connectivity index (χ0v) is 12.1. The first-order valence-corrected chi connectivity index (χ1v) is 7.55. The van der Waals surface area contributed by atoms with Crippen LogP contribution in [0.3, 0.4) is 0 Å². The van der Waals surface area contributed by atoms with Gasteiger partial charge >= 0.3 is 0 Å². The maximum absolute atomic E-state index is 12.8. The van der Waals surface area contributed by atoms with Crippen LogP contribution in [-0.2, 0) is 6.54 Å². The summed E-state index contributed by atoms with van der Waals surface area (Å²) in [4.78, 5) is 17.3. The van der Waals surface area contributed by atoms with E-state index >= 15 is 0 Å². The largest absolute Gasteiger partial charge is 0.396 e. The molecule has 0 aromatic carbocycles. The van der Waals surface area contributed by atoms with Crippen LogP contribution in [-0.4, -0.2) is 57.7 Å². The maximum Gasteiger partial charge on any atom is 0.274 e. The third-order valence-corrected chi connectivity index (χ3v) is 4.46. The molecule has 3 rings (SSSR count). The second-order valence-corrected chi connectivity index (χ2v) is 5.70. The Labute approximate surface area is 119 Å². The minimum Gasteiger partial charge on any atom is -0.396 e. The molecule has 20 heavy (non-hydrogen) atoms. The van der Waals surface area contributed by atoms with E-state index in [4.69, 9.17) is 5.73 Å². The highest BCUT2D eigenvalue weighted by Crippen LogP contribution is 2.23. The third-order valence-electron chi connectivity index (χ3n) is 4.46. The molecule has 2 N–H and O–H groups in total. The minimum atomic E-state index is 0.0376. The number of carbonyl (C=O) groups excluding carboxylic acids is 1. The number of aromatic nitrogens is 2. The Kier molecular flexibility index (Phi) is 3.65. The molecule has 2 fully saturated rings. The Morgan fingerprint density at radius 3 is 3.00 bits per heavy atom. The van der Waals surface area contributed by atoms with E-state index in [0.29, 0.717) is 24.0 Å². The van der Waals surface area contributed by atoms with Gasteiger partial charge in [-0.1, -0.05) is 0 Å². The molecular formula is C14H23N5O. The van der Waals surface area contributed by atoms with E-state index in [1.165, 1.54) is 19.4 Å². The molecule has 1 amide bonds. The first-order chi connectivity index (χ1) is 9.70. The minimum absolute atomic E-state index is 0.0376. The molecule has 2 saturated heterocycles. The fraction of sp³-hybridized carbons (Fsp3) is 0.714. The Bertz CT molecular complexity index is 498. The second kappa shape index (κ2) is 5.44. The SMILES string of the molecule is CCn1ncc(N)c1C(=O)N1CCCN2CCCC2C1. The van der Waals surface area contributed by atoms with Crippen molar-refractivity contribution in [3.8, 4) is 0 Å². The Hall–Kier alpha value is -1.56. The van der Waals surface area contributed by atoms with Gasteiger partial charge in [0.05, 0.1) is 11.9 Å². The van der Waals surface area contributed by atoms with E-state index in [1.54, 1.807) is 10.9 Å². The van der Waals surface area contributed by atoms with Crippen molar-refractivity contribution in [3.63, 3.8) is 0 Å². The average Bonchev–Trinajstić information content (AvgIpc) is 2.98. The Morgan fingerprint density at radius 1 is 1.40 bits per heavy atom. The molecule has 2 aliphatic heterocycles. The number of amides is 1. The number of anilines is 1. The van der Waals surface area contributed by atoms with Crippen molar-refractivity contribution in [2.24, 2.45) is 0 Å². The molecule has 0 bridgehead atoms. The topological polar surface area (TPSA) is 67.4 Å². The summed E-state index contributed by atoms with van der Waals surface area (Å²) in [6.07, 6.45) is 5.08. The molecule has 6 nitrogen and oxygen atoms in total. The average molecular weight is 277 g/mol. The first kappa shape index (κ1) is 13.4. The fourth-order valence-electron chi connectivity index (χ4n) is 3.41. The van der Waals surface area contributed by atoms with Crippen LogP contribution in [0.15, 0.2) is 6.20 Å². The van der Waals surface area contributed by atoms with Gasteiger partial charge in [-0.3, -0.25) is 14.4 Å². The number of carbonyl (C=O) groups is 1. The van der Waals surface area contributed by atoms with E-state index in [9.17, 15) is 4.79 Å². The van der Waals surface area contributed by atoms with Crippen LogP contribution in [0.4, 0.5) is 5.69 Å². The number of nitrogens with two attached hydrogens (primary N) is 1. The quantitative estimate of drug-likeness (QED) is 0.868. The van der Waals surface area contributed by atoms with Crippen molar-refractivity contribution < 1.29 is 4.79 Å². The van der Waals surface area contributed by atoms with Gasteiger partial charge in [0, 0.05) is 32.2 Å². The lowest BCUT2D eigenvalue weighted by atomic mass is 10.2. The lowest BCUT2D eigenvalue weighted by molar-refractivity contribution is 0.0732. The monoisotopic (exact) mass is 277 g/mol. The molecule has 6 heteroatoms. The number of fused-ring (bicyclic) bond motifs is 1. The summed E-state index contributed by atoms with van der Waals surface area (Å²) >= 11 is 0. The number of aryl methyl sites for hydroxylation is 1. The lowest BCUT2D eigenvalue weighted by Crippen LogP contribution is -2.40. The normalized spacial score (nSPS) is 23.6. The molecule has 0 saturated carbocycles. The van der Waals surface area contributed by atoms with E-state index in [0.717, 1.165) is 26.1 Å². The molecule has 0 aliphatic carbocycles. The summed E-state index contributed by atoms with van der Waals surface area (Å²) in [7, 11) is 0. The van der Waals surface area contributed by atoms with Crippen molar-refractivity contribution in [1.82, 2.24) is 19.6 Å². The predicted molar refractivity (Wildman–Crippen MR) is 77.4 cm³/mol. The summed E-state index contributed by atoms with van der Waals surface area (Å²) in [5.74, 6) is 0.0376. The second-order valence-electron chi connectivity index (χ2n) is 5.70. The van der Waals surface area contributed by atoms with Gasteiger partial charge in [0.1, 0.15) is 5.69 Å². The summed E-state index contributed by atoms with van der Waals surface area (Å²) in [6.45, 7) is 6.58. The number of rotatable bonds is 2. The summed E-state index contributed by atoms with van der Waals surface area (Å²) in [6, 6.07) is 0.528. The van der Waals surface area contributed by atoms with E-state index in [-0.39, 0.29) is 5.91 Å². The van der Waals surface area contributed by atoms with Crippen LogP contribution >= 0.6 is 0 Å². The van der Waals surface area contributed by atoms with Crippen LogP contribution in [0.2, 0.25) is 0 Å². The summed E-state index contributed by atoms with van der Waals surface area (Å²) in [5.41, 5.74) is 6.97. The number of nitrogen functional groups attached to an aromatic ring is 1. The fourth-order valence-corrected chi connectivity index (χ4v) is 3.41. The highest BCUT2D eigenvalue weighted by molar-refractivity contribution is 5.97. The maximum atomic E-state index is 12.8. The molecule has 1 atom stereocenters. The van der Waals surface area contributed by atoms with Gasteiger partial charge in [-0.15, -0.1) is 0 Å². The van der Waals surface area contributed by atoms with Gasteiger partial charge in [-0.25, -0.2) is 0 Å². The smallest absolute Gasteiger partial charge is 0.274 e. The van der Waals surface area contributed by atoms with Crippen molar-refractivity contribution in [3.05, 3.63) is 11.9 Å². The van der Waals surface area contributed by atoms with Gasteiger partial charge in [0.25, 0.3) is 5.91 Å². The zero-order valence-electron chi connectivity index (χ0n) is 12.1. The molecule has 1 aromatic rings. The van der Waals surface area contributed by atoms with Crippen molar-refractivity contribution >= 4 is 11.6 Å². The molecule has 2 aliphatic rings. The van der Waals surface area contributed by atoms with E-state index in [2.05, 4.69) is 10.00 Å². The Morgan fingerprint density at radius 2 is 2.20 bits per heavy atom.